The zero-order valence-electron chi connectivity index (χ0n) is 13.3. The van der Waals surface area contributed by atoms with Crippen LogP contribution in [0.1, 0.15) is 20.3 Å². The van der Waals surface area contributed by atoms with Gasteiger partial charge in [0.25, 0.3) is 0 Å². The molecule has 7 heteroatoms. The second kappa shape index (κ2) is 8.31. The molecule has 120 valence electrons. The lowest BCUT2D eigenvalue weighted by molar-refractivity contribution is 0.333. The van der Waals surface area contributed by atoms with Crippen molar-refractivity contribution in [1.82, 2.24) is 14.2 Å². The van der Waals surface area contributed by atoms with Gasteiger partial charge < -0.3 is 10.2 Å². The van der Waals surface area contributed by atoms with Gasteiger partial charge in [0.05, 0.1) is 5.69 Å². The van der Waals surface area contributed by atoms with Crippen molar-refractivity contribution in [2.45, 2.75) is 25.2 Å². The van der Waals surface area contributed by atoms with Gasteiger partial charge in [-0.15, -0.1) is 0 Å². The first-order chi connectivity index (χ1) is 9.93. The number of hydrogen-bond donors (Lipinski definition) is 1. The van der Waals surface area contributed by atoms with Crippen LogP contribution in [-0.2, 0) is 10.0 Å². The first-order valence-corrected chi connectivity index (χ1v) is 8.70. The molecule has 0 fully saturated rings. The fourth-order valence-electron chi connectivity index (χ4n) is 1.97. The largest absolute Gasteiger partial charge is 0.384 e. The van der Waals surface area contributed by atoms with Crippen LogP contribution >= 0.6 is 0 Å². The summed E-state index contributed by atoms with van der Waals surface area (Å²) in [5.74, 6) is 0. The Morgan fingerprint density at radius 3 is 2.48 bits per heavy atom. The highest BCUT2D eigenvalue weighted by Gasteiger charge is 2.26. The van der Waals surface area contributed by atoms with Crippen molar-refractivity contribution < 1.29 is 8.42 Å². The predicted molar refractivity (Wildman–Crippen MR) is 86.0 cm³/mol. The van der Waals surface area contributed by atoms with Gasteiger partial charge in [-0.25, -0.2) is 8.42 Å². The molecule has 0 aliphatic rings. The zero-order chi connectivity index (χ0) is 15.9. The molecule has 0 radical (unpaired) electrons. The van der Waals surface area contributed by atoms with Crippen molar-refractivity contribution in [3.63, 3.8) is 0 Å². The van der Waals surface area contributed by atoms with Gasteiger partial charge in [-0.2, -0.15) is 4.31 Å². The third-order valence-corrected chi connectivity index (χ3v) is 4.97. The van der Waals surface area contributed by atoms with E-state index in [4.69, 9.17) is 0 Å². The summed E-state index contributed by atoms with van der Waals surface area (Å²) in [6, 6.07) is 1.70. The van der Waals surface area contributed by atoms with E-state index in [2.05, 4.69) is 10.3 Å². The van der Waals surface area contributed by atoms with Gasteiger partial charge >= 0.3 is 0 Å². The van der Waals surface area contributed by atoms with Crippen molar-refractivity contribution in [1.29, 1.82) is 0 Å². The number of nitrogens with zero attached hydrogens (tertiary/aromatic N) is 3. The van der Waals surface area contributed by atoms with Crippen LogP contribution < -0.4 is 5.32 Å². The molecule has 0 aliphatic carbocycles. The maximum absolute atomic E-state index is 12.9. The monoisotopic (exact) mass is 314 g/mol. The van der Waals surface area contributed by atoms with Crippen LogP contribution in [-0.4, -0.2) is 62.9 Å². The molecule has 0 saturated carbocycles. The molecule has 0 spiro atoms. The third kappa shape index (κ3) is 4.94. The number of likely N-dealkylation sites (N-methyl/N-ethyl adjacent to an activating group) is 1. The average Bonchev–Trinajstić information content (AvgIpc) is 2.44. The molecule has 6 nitrogen and oxygen atoms in total. The van der Waals surface area contributed by atoms with Gasteiger partial charge in [-0.1, -0.05) is 6.92 Å². The van der Waals surface area contributed by atoms with Crippen molar-refractivity contribution in [3.05, 3.63) is 18.5 Å². The van der Waals surface area contributed by atoms with Crippen LogP contribution in [0.2, 0.25) is 0 Å². The summed E-state index contributed by atoms with van der Waals surface area (Å²) in [4.78, 5) is 6.20. The van der Waals surface area contributed by atoms with E-state index in [1.54, 1.807) is 12.3 Å². The fraction of sp³-hybridized carbons (Fsp3) is 0.643. The minimum Gasteiger partial charge on any atom is -0.384 e. The van der Waals surface area contributed by atoms with E-state index in [1.165, 1.54) is 10.5 Å². The van der Waals surface area contributed by atoms with E-state index in [0.717, 1.165) is 6.42 Å². The normalized spacial score (nSPS) is 12.1. The van der Waals surface area contributed by atoms with Gasteiger partial charge in [0.1, 0.15) is 4.90 Å². The number of hydrogen-bond acceptors (Lipinski definition) is 5. The highest BCUT2D eigenvalue weighted by atomic mass is 32.2. The summed E-state index contributed by atoms with van der Waals surface area (Å²) in [5.41, 5.74) is 0.610. The van der Waals surface area contributed by atoms with Gasteiger partial charge in [0, 0.05) is 38.6 Å². The first kappa shape index (κ1) is 17.9. The van der Waals surface area contributed by atoms with Crippen molar-refractivity contribution in [3.8, 4) is 0 Å². The molecule has 0 bridgehead atoms. The van der Waals surface area contributed by atoms with Crippen LogP contribution in [0.25, 0.3) is 0 Å². The number of nitrogens with one attached hydrogen (secondary N) is 1. The second-order valence-corrected chi connectivity index (χ2v) is 7.02. The molecule has 1 aromatic rings. The summed E-state index contributed by atoms with van der Waals surface area (Å²) in [6.45, 7) is 6.26. The Morgan fingerprint density at radius 1 is 1.19 bits per heavy atom. The first-order valence-electron chi connectivity index (χ1n) is 7.26. The minimum atomic E-state index is -3.53. The lowest BCUT2D eigenvalue weighted by atomic mass is 10.4. The van der Waals surface area contributed by atoms with E-state index < -0.39 is 10.0 Å². The quantitative estimate of drug-likeness (QED) is 0.748. The molecule has 0 aliphatic heterocycles. The molecule has 1 heterocycles. The van der Waals surface area contributed by atoms with Gasteiger partial charge in [0.15, 0.2) is 0 Å². The van der Waals surface area contributed by atoms with Crippen LogP contribution in [0.3, 0.4) is 0 Å². The van der Waals surface area contributed by atoms with Crippen LogP contribution in [0.15, 0.2) is 23.4 Å². The van der Waals surface area contributed by atoms with Gasteiger partial charge in [-0.3, -0.25) is 4.98 Å². The summed E-state index contributed by atoms with van der Waals surface area (Å²) >= 11 is 0. The molecule has 21 heavy (non-hydrogen) atoms. The fourth-order valence-corrected chi connectivity index (χ4v) is 3.61. The van der Waals surface area contributed by atoms with Crippen LogP contribution in [0.4, 0.5) is 5.69 Å². The standard InChI is InChI=1S/C14H26N4O2S/c1-5-9-18(11-10-17(3)4)21(19,20)14-12-15-8-7-13(14)16-6-2/h7-8,12H,5-6,9-11H2,1-4H3,(H,15,16). The molecule has 0 amide bonds. The van der Waals surface area contributed by atoms with Crippen LogP contribution in [0.5, 0.6) is 0 Å². The predicted octanol–water partition coefficient (Wildman–Crippen LogP) is 1.48. The Labute approximate surface area is 128 Å². The van der Waals surface area contributed by atoms with E-state index in [0.29, 0.717) is 31.9 Å². The highest BCUT2D eigenvalue weighted by molar-refractivity contribution is 7.89. The molecule has 0 unspecified atom stereocenters. The van der Waals surface area contributed by atoms with Crippen molar-refractivity contribution >= 4 is 15.7 Å². The molecule has 0 saturated heterocycles. The lowest BCUT2D eigenvalue weighted by Crippen LogP contribution is -2.37. The molecular formula is C14H26N4O2S. The SMILES string of the molecule is CCCN(CCN(C)C)S(=O)(=O)c1cnccc1NCC. The lowest BCUT2D eigenvalue weighted by Gasteiger charge is -2.24. The second-order valence-electron chi connectivity index (χ2n) is 5.11. The summed E-state index contributed by atoms with van der Waals surface area (Å²) in [5, 5.41) is 3.09. The minimum absolute atomic E-state index is 0.249. The number of aromatic nitrogens is 1. The van der Waals surface area contributed by atoms with E-state index in [-0.39, 0.29) is 4.90 Å². The molecule has 1 rings (SSSR count). The number of sulfonamides is 1. The Bertz CT molecular complexity index is 532. The summed E-state index contributed by atoms with van der Waals surface area (Å²) in [6.07, 6.45) is 3.80. The summed E-state index contributed by atoms with van der Waals surface area (Å²) in [7, 11) is 0.341. The molecule has 1 N–H and O–H groups in total. The van der Waals surface area contributed by atoms with E-state index in [9.17, 15) is 8.42 Å². The Morgan fingerprint density at radius 2 is 1.90 bits per heavy atom. The van der Waals surface area contributed by atoms with Crippen molar-refractivity contribution in [2.75, 3.05) is 45.6 Å². The van der Waals surface area contributed by atoms with Gasteiger partial charge in [0.2, 0.25) is 10.0 Å². The Kier molecular flexibility index (Phi) is 7.07. The average molecular weight is 314 g/mol. The maximum atomic E-state index is 12.9. The van der Waals surface area contributed by atoms with Crippen LogP contribution in [0, 0.1) is 0 Å². The Hall–Kier alpha value is -1.18. The van der Waals surface area contributed by atoms with Crippen molar-refractivity contribution in [2.24, 2.45) is 0 Å². The third-order valence-electron chi connectivity index (χ3n) is 3.04. The molecule has 0 aromatic carbocycles. The van der Waals surface area contributed by atoms with E-state index >= 15 is 0 Å². The molecule has 0 atom stereocenters. The zero-order valence-corrected chi connectivity index (χ0v) is 14.2. The number of rotatable bonds is 9. The van der Waals surface area contributed by atoms with Gasteiger partial charge in [-0.05, 0) is 33.5 Å². The summed E-state index contributed by atoms with van der Waals surface area (Å²) < 4.78 is 27.2. The highest BCUT2D eigenvalue weighted by Crippen LogP contribution is 2.23. The number of anilines is 1. The maximum Gasteiger partial charge on any atom is 0.246 e. The Balaban J connectivity index is 3.10. The molecule has 1 aromatic heterocycles. The smallest absolute Gasteiger partial charge is 0.246 e. The van der Waals surface area contributed by atoms with E-state index in [1.807, 2.05) is 32.8 Å². The topological polar surface area (TPSA) is 65.5 Å². The number of pyridine rings is 1. The molecular weight excluding hydrogens is 288 g/mol.